The van der Waals surface area contributed by atoms with E-state index in [1.54, 1.807) is 25.5 Å². The van der Waals surface area contributed by atoms with Crippen LogP contribution in [0, 0.1) is 5.92 Å². The van der Waals surface area contributed by atoms with Crippen LogP contribution in [0.25, 0.3) is 16.7 Å². The molecule has 2 fully saturated rings. The van der Waals surface area contributed by atoms with Crippen LogP contribution in [-0.4, -0.2) is 82.4 Å². The average Bonchev–Trinajstić information content (AvgIpc) is 3.49. The molecule has 1 N–H and O–H groups in total. The highest BCUT2D eigenvalue weighted by atomic mass is 16.5. The number of piperidine rings is 1. The number of carbonyl (C=O) groups is 2. The highest BCUT2D eigenvalue weighted by Gasteiger charge is 2.32. The van der Waals surface area contributed by atoms with Gasteiger partial charge in [-0.2, -0.15) is 9.78 Å². The first-order valence-electron chi connectivity index (χ1n) is 14.1. The third-order valence-electron chi connectivity index (χ3n) is 7.87. The molecular formula is C30H33N7O4. The van der Waals surface area contributed by atoms with Crippen molar-refractivity contribution in [1.29, 1.82) is 0 Å². The summed E-state index contributed by atoms with van der Waals surface area (Å²) in [6, 6.07) is 14.8. The number of nitrogens with one attached hydrogen (secondary N) is 1. The van der Waals surface area contributed by atoms with Gasteiger partial charge >= 0.3 is 5.97 Å². The van der Waals surface area contributed by atoms with Crippen LogP contribution in [0.15, 0.2) is 65.8 Å². The van der Waals surface area contributed by atoms with Gasteiger partial charge in [0.05, 0.1) is 47.5 Å². The van der Waals surface area contributed by atoms with Gasteiger partial charge in [0.2, 0.25) is 0 Å². The summed E-state index contributed by atoms with van der Waals surface area (Å²) in [5, 5.41) is 4.54. The molecule has 2 aliphatic rings. The molecule has 4 heterocycles. The van der Waals surface area contributed by atoms with Gasteiger partial charge < -0.3 is 24.4 Å². The van der Waals surface area contributed by atoms with Crippen molar-refractivity contribution in [3.05, 3.63) is 77.0 Å². The van der Waals surface area contributed by atoms with Crippen molar-refractivity contribution in [2.24, 2.45) is 5.92 Å². The fourth-order valence-electron chi connectivity index (χ4n) is 5.75. The van der Waals surface area contributed by atoms with Crippen molar-refractivity contribution in [2.75, 3.05) is 55.7 Å². The molecule has 41 heavy (non-hydrogen) atoms. The second-order valence-electron chi connectivity index (χ2n) is 10.4. The molecule has 1 amide bonds. The van der Waals surface area contributed by atoms with E-state index in [-0.39, 0.29) is 23.4 Å². The third-order valence-corrected chi connectivity index (χ3v) is 7.87. The van der Waals surface area contributed by atoms with Crippen LogP contribution >= 0.6 is 0 Å². The highest BCUT2D eigenvalue weighted by Crippen LogP contribution is 2.31. The minimum atomic E-state index is -0.295. The molecule has 6 rings (SSSR count). The van der Waals surface area contributed by atoms with Crippen molar-refractivity contribution in [1.82, 2.24) is 24.6 Å². The lowest BCUT2D eigenvalue weighted by atomic mass is 9.97. The number of piperazine rings is 1. The Morgan fingerprint density at radius 1 is 1.02 bits per heavy atom. The number of nitrogens with zero attached hydrogens (tertiary/aromatic N) is 6. The molecule has 212 valence electrons. The SMILES string of the molecule is CCOC(=O)C1CCCN(c2c(N3CCN(C(=O)c4ccc5nc[nH]c5c4)CC3)cnn(-c3ccccc3)c2=O)C1. The largest absolute Gasteiger partial charge is 0.466 e. The topological polar surface area (TPSA) is 117 Å². The summed E-state index contributed by atoms with van der Waals surface area (Å²) >= 11 is 0. The Hall–Kier alpha value is -4.67. The van der Waals surface area contributed by atoms with Gasteiger partial charge in [0, 0.05) is 44.8 Å². The first-order chi connectivity index (χ1) is 20.0. The summed E-state index contributed by atoms with van der Waals surface area (Å²) in [7, 11) is 0. The van der Waals surface area contributed by atoms with Crippen LogP contribution in [0.4, 0.5) is 11.4 Å². The number of H-pyrrole nitrogens is 1. The fraction of sp³-hybridized carbons (Fsp3) is 0.367. The standard InChI is InChI=1S/C30H33N7O4/c1-2-41-30(40)22-7-6-12-36(19-22)27-26(18-33-37(29(27)39)23-8-4-3-5-9-23)34-13-15-35(16-14-34)28(38)21-10-11-24-25(17-21)32-20-31-24/h3-5,8-11,17-18,20,22H,2,6-7,12-16,19H2,1H3,(H,31,32). The smallest absolute Gasteiger partial charge is 0.310 e. The lowest BCUT2D eigenvalue weighted by molar-refractivity contribution is -0.148. The Balaban J connectivity index is 1.27. The summed E-state index contributed by atoms with van der Waals surface area (Å²) in [6.07, 6.45) is 4.86. The van der Waals surface area contributed by atoms with Crippen LogP contribution < -0.4 is 15.4 Å². The molecule has 0 radical (unpaired) electrons. The molecule has 2 aliphatic heterocycles. The molecule has 11 nitrogen and oxygen atoms in total. The summed E-state index contributed by atoms with van der Waals surface area (Å²) < 4.78 is 6.73. The van der Waals surface area contributed by atoms with Gasteiger partial charge in [-0.1, -0.05) is 18.2 Å². The molecule has 4 aromatic rings. The summed E-state index contributed by atoms with van der Waals surface area (Å²) in [5.74, 6) is -0.556. The number of carbonyl (C=O) groups excluding carboxylic acids is 2. The van der Waals surface area contributed by atoms with E-state index in [0.717, 1.165) is 29.6 Å². The van der Waals surface area contributed by atoms with Gasteiger partial charge in [-0.3, -0.25) is 14.4 Å². The molecule has 2 saturated heterocycles. The number of anilines is 2. The Morgan fingerprint density at radius 2 is 1.83 bits per heavy atom. The number of rotatable bonds is 6. The molecule has 2 aromatic carbocycles. The highest BCUT2D eigenvalue weighted by molar-refractivity contribution is 5.97. The lowest BCUT2D eigenvalue weighted by Crippen LogP contribution is -2.50. The molecule has 1 atom stereocenters. The number of imidazole rings is 1. The van der Waals surface area contributed by atoms with Gasteiger partial charge in [0.1, 0.15) is 5.69 Å². The van der Waals surface area contributed by atoms with Gasteiger partial charge in [0.25, 0.3) is 11.5 Å². The monoisotopic (exact) mass is 555 g/mol. The maximum absolute atomic E-state index is 14.0. The van der Waals surface area contributed by atoms with E-state index in [0.29, 0.717) is 62.8 Å². The zero-order valence-electron chi connectivity index (χ0n) is 23.0. The molecule has 0 bridgehead atoms. The van der Waals surface area contributed by atoms with Crippen molar-refractivity contribution in [3.8, 4) is 5.69 Å². The van der Waals surface area contributed by atoms with Crippen molar-refractivity contribution < 1.29 is 14.3 Å². The first-order valence-corrected chi connectivity index (χ1v) is 14.1. The van der Waals surface area contributed by atoms with Gasteiger partial charge in [-0.15, -0.1) is 0 Å². The second kappa shape index (κ2) is 11.4. The summed E-state index contributed by atoms with van der Waals surface area (Å²) in [4.78, 5) is 53.2. The maximum Gasteiger partial charge on any atom is 0.310 e. The number of hydrogen-bond acceptors (Lipinski definition) is 8. The Bertz CT molecular complexity index is 1610. The minimum absolute atomic E-state index is 0.0349. The van der Waals surface area contributed by atoms with E-state index in [2.05, 4.69) is 20.0 Å². The van der Waals surface area contributed by atoms with E-state index >= 15 is 0 Å². The van der Waals surface area contributed by atoms with Crippen molar-refractivity contribution in [2.45, 2.75) is 19.8 Å². The molecule has 11 heteroatoms. The number of aromatic amines is 1. The number of para-hydroxylation sites is 1. The number of esters is 1. The van der Waals surface area contributed by atoms with Crippen molar-refractivity contribution in [3.63, 3.8) is 0 Å². The average molecular weight is 556 g/mol. The van der Waals surface area contributed by atoms with Crippen LogP contribution in [0.1, 0.15) is 30.1 Å². The van der Waals surface area contributed by atoms with Gasteiger partial charge in [-0.05, 0) is 50.1 Å². The van der Waals surface area contributed by atoms with E-state index in [1.165, 1.54) is 4.68 Å². The fourth-order valence-corrected chi connectivity index (χ4v) is 5.75. The molecule has 0 aliphatic carbocycles. The van der Waals surface area contributed by atoms with E-state index < -0.39 is 0 Å². The molecule has 1 unspecified atom stereocenters. The van der Waals surface area contributed by atoms with Gasteiger partial charge in [0.15, 0.2) is 0 Å². The van der Waals surface area contributed by atoms with Crippen molar-refractivity contribution >= 4 is 34.3 Å². The molecule has 0 saturated carbocycles. The first kappa shape index (κ1) is 26.5. The third kappa shape index (κ3) is 5.27. The molecular weight excluding hydrogens is 522 g/mol. The zero-order chi connectivity index (χ0) is 28.3. The second-order valence-corrected chi connectivity index (χ2v) is 10.4. The number of amides is 1. The van der Waals surface area contributed by atoms with Crippen LogP contribution in [0.2, 0.25) is 0 Å². The van der Waals surface area contributed by atoms with E-state index in [1.807, 2.05) is 52.3 Å². The molecule has 2 aromatic heterocycles. The van der Waals surface area contributed by atoms with Crippen LogP contribution in [-0.2, 0) is 9.53 Å². The summed E-state index contributed by atoms with van der Waals surface area (Å²) in [5.41, 5.74) is 3.95. The van der Waals surface area contributed by atoms with Gasteiger partial charge in [-0.25, -0.2) is 4.98 Å². The number of aromatic nitrogens is 4. The lowest BCUT2D eigenvalue weighted by Gasteiger charge is -2.39. The van der Waals surface area contributed by atoms with E-state index in [4.69, 9.17) is 4.74 Å². The van der Waals surface area contributed by atoms with E-state index in [9.17, 15) is 14.4 Å². The van der Waals surface area contributed by atoms with Crippen LogP contribution in [0.3, 0.4) is 0 Å². The summed E-state index contributed by atoms with van der Waals surface area (Å²) in [6.45, 7) is 5.32. The minimum Gasteiger partial charge on any atom is -0.466 e. The number of hydrogen-bond donors (Lipinski definition) is 1. The number of benzene rings is 2. The number of fused-ring (bicyclic) bond motifs is 1. The molecule has 0 spiro atoms. The maximum atomic E-state index is 14.0. The van der Waals surface area contributed by atoms with Crippen LogP contribution in [0.5, 0.6) is 0 Å². The normalized spacial score (nSPS) is 17.6. The quantitative estimate of drug-likeness (QED) is 0.361. The number of ether oxygens (including phenoxy) is 1. The predicted molar refractivity (Wildman–Crippen MR) is 156 cm³/mol. The zero-order valence-corrected chi connectivity index (χ0v) is 23.0. The Morgan fingerprint density at radius 3 is 2.61 bits per heavy atom. The Kier molecular flexibility index (Phi) is 7.41. The Labute approximate surface area is 237 Å². The predicted octanol–water partition coefficient (Wildman–Crippen LogP) is 2.85.